The van der Waals surface area contributed by atoms with Crippen molar-refractivity contribution in [2.45, 2.75) is 45.4 Å². The molecule has 1 amide bonds. The Morgan fingerprint density at radius 2 is 1.78 bits per heavy atom. The molecule has 3 saturated carbocycles. The normalized spacial score (nSPS) is 27.3. The SMILES string of the molecule is COC(=O)C12CCC(CNC(=O)c3ncnc(/C(N)=N\N)c3C)(CC1)CC2. The zero-order chi connectivity index (χ0) is 19.7. The molecule has 1 aromatic rings. The van der Waals surface area contributed by atoms with Crippen LogP contribution in [0.4, 0.5) is 0 Å². The summed E-state index contributed by atoms with van der Waals surface area (Å²) in [6.45, 7) is 2.27. The van der Waals surface area contributed by atoms with Crippen LogP contribution in [0.5, 0.6) is 0 Å². The molecule has 0 unspecified atom stereocenters. The van der Waals surface area contributed by atoms with E-state index in [4.69, 9.17) is 16.3 Å². The molecule has 9 heteroatoms. The Morgan fingerprint density at radius 3 is 2.33 bits per heavy atom. The van der Waals surface area contributed by atoms with Crippen LogP contribution in [-0.4, -0.2) is 41.3 Å². The molecule has 0 aliphatic heterocycles. The first-order chi connectivity index (χ1) is 12.9. The largest absolute Gasteiger partial charge is 0.469 e. The first kappa shape index (κ1) is 19.1. The third-order valence-electron chi connectivity index (χ3n) is 6.32. The van der Waals surface area contributed by atoms with Crippen LogP contribution in [0.1, 0.15) is 60.3 Å². The maximum Gasteiger partial charge on any atom is 0.311 e. The highest BCUT2D eigenvalue weighted by molar-refractivity contribution is 6.01. The topological polar surface area (TPSA) is 146 Å². The van der Waals surface area contributed by atoms with Crippen LogP contribution in [0.25, 0.3) is 0 Å². The number of nitrogens with two attached hydrogens (primary N) is 2. The number of amides is 1. The van der Waals surface area contributed by atoms with E-state index in [1.165, 1.54) is 13.4 Å². The summed E-state index contributed by atoms with van der Waals surface area (Å²) in [6.07, 6.45) is 6.44. The smallest absolute Gasteiger partial charge is 0.311 e. The highest BCUT2D eigenvalue weighted by Gasteiger charge is 2.53. The van der Waals surface area contributed by atoms with Gasteiger partial charge in [-0.25, -0.2) is 9.97 Å². The Hall–Kier alpha value is -2.71. The Bertz CT molecular complexity index is 767. The first-order valence-corrected chi connectivity index (χ1v) is 9.08. The van der Waals surface area contributed by atoms with Crippen LogP contribution < -0.4 is 16.9 Å². The number of amidine groups is 1. The molecule has 3 aliphatic rings. The molecule has 4 rings (SSSR count). The number of fused-ring (bicyclic) bond motifs is 3. The van der Waals surface area contributed by atoms with E-state index in [1.807, 2.05) is 0 Å². The van der Waals surface area contributed by atoms with Crippen molar-refractivity contribution in [3.05, 3.63) is 23.3 Å². The molecule has 1 heterocycles. The molecule has 27 heavy (non-hydrogen) atoms. The number of ether oxygens (including phenoxy) is 1. The van der Waals surface area contributed by atoms with E-state index < -0.39 is 0 Å². The summed E-state index contributed by atoms with van der Waals surface area (Å²) < 4.78 is 5.00. The van der Waals surface area contributed by atoms with Crippen LogP contribution in [0.3, 0.4) is 0 Å². The third-order valence-corrected chi connectivity index (χ3v) is 6.32. The second kappa shape index (κ2) is 7.13. The van der Waals surface area contributed by atoms with E-state index in [9.17, 15) is 9.59 Å². The fraction of sp³-hybridized carbons (Fsp3) is 0.611. The van der Waals surface area contributed by atoms with Crippen molar-refractivity contribution >= 4 is 17.7 Å². The number of nitrogens with zero attached hydrogens (tertiary/aromatic N) is 3. The number of nitrogens with one attached hydrogen (secondary N) is 1. The van der Waals surface area contributed by atoms with Gasteiger partial charge in [0.2, 0.25) is 0 Å². The molecule has 2 bridgehead atoms. The van der Waals surface area contributed by atoms with Gasteiger partial charge in [0, 0.05) is 12.1 Å². The number of hydrazone groups is 1. The maximum absolute atomic E-state index is 12.7. The molecule has 9 nitrogen and oxygen atoms in total. The van der Waals surface area contributed by atoms with Gasteiger partial charge in [0.25, 0.3) is 5.91 Å². The van der Waals surface area contributed by atoms with Gasteiger partial charge in [0.15, 0.2) is 5.84 Å². The highest BCUT2D eigenvalue weighted by atomic mass is 16.5. The minimum Gasteiger partial charge on any atom is -0.469 e. The van der Waals surface area contributed by atoms with E-state index >= 15 is 0 Å². The zero-order valence-corrected chi connectivity index (χ0v) is 15.7. The van der Waals surface area contributed by atoms with E-state index in [0.29, 0.717) is 17.8 Å². The Kier molecular flexibility index (Phi) is 5.03. The van der Waals surface area contributed by atoms with Gasteiger partial charge in [-0.1, -0.05) is 0 Å². The number of esters is 1. The summed E-state index contributed by atoms with van der Waals surface area (Å²) in [5.41, 5.74) is 6.59. The zero-order valence-electron chi connectivity index (χ0n) is 15.7. The van der Waals surface area contributed by atoms with Gasteiger partial charge in [-0.15, -0.1) is 0 Å². The number of hydrogen-bond donors (Lipinski definition) is 3. The van der Waals surface area contributed by atoms with Crippen LogP contribution >= 0.6 is 0 Å². The first-order valence-electron chi connectivity index (χ1n) is 9.08. The Morgan fingerprint density at radius 1 is 1.19 bits per heavy atom. The second-order valence-electron chi connectivity index (χ2n) is 7.66. The minimum atomic E-state index is -0.322. The van der Waals surface area contributed by atoms with Crippen LogP contribution in [0, 0.1) is 17.8 Å². The van der Waals surface area contributed by atoms with Gasteiger partial charge in [0.1, 0.15) is 17.7 Å². The maximum atomic E-state index is 12.7. The quantitative estimate of drug-likeness (QED) is 0.225. The van der Waals surface area contributed by atoms with E-state index in [2.05, 4.69) is 20.4 Å². The van der Waals surface area contributed by atoms with Gasteiger partial charge >= 0.3 is 5.97 Å². The predicted octanol–water partition coefficient (Wildman–Crippen LogP) is 0.607. The minimum absolute atomic E-state index is 0.0347. The van der Waals surface area contributed by atoms with Crippen molar-refractivity contribution in [3.63, 3.8) is 0 Å². The molecule has 5 N–H and O–H groups in total. The van der Waals surface area contributed by atoms with Crippen molar-refractivity contribution < 1.29 is 14.3 Å². The summed E-state index contributed by atoms with van der Waals surface area (Å²) in [7, 11) is 1.45. The third kappa shape index (κ3) is 3.33. The van der Waals surface area contributed by atoms with Crippen molar-refractivity contribution in [2.75, 3.05) is 13.7 Å². The number of rotatable bonds is 5. The molecular formula is C18H26N6O3. The lowest BCUT2D eigenvalue weighted by Gasteiger charge is -2.51. The van der Waals surface area contributed by atoms with Gasteiger partial charge in [-0.05, 0) is 50.9 Å². The number of methoxy groups -OCH3 is 1. The van der Waals surface area contributed by atoms with E-state index in [1.54, 1.807) is 6.92 Å². The molecule has 1 aromatic heterocycles. The van der Waals surface area contributed by atoms with Crippen LogP contribution in [-0.2, 0) is 9.53 Å². The molecule has 3 fully saturated rings. The molecule has 0 atom stereocenters. The van der Waals surface area contributed by atoms with Gasteiger partial charge in [-0.3, -0.25) is 9.59 Å². The Labute approximate surface area is 157 Å². The summed E-state index contributed by atoms with van der Waals surface area (Å²) in [4.78, 5) is 32.9. The molecule has 146 valence electrons. The highest BCUT2D eigenvalue weighted by Crippen LogP contribution is 2.57. The lowest BCUT2D eigenvalue weighted by molar-refractivity contribution is -0.162. The van der Waals surface area contributed by atoms with Crippen LogP contribution in [0.15, 0.2) is 11.4 Å². The Balaban J connectivity index is 1.67. The van der Waals surface area contributed by atoms with E-state index in [0.717, 1.165) is 38.5 Å². The molecule has 0 saturated heterocycles. The average molecular weight is 374 g/mol. The second-order valence-corrected chi connectivity index (χ2v) is 7.66. The number of carbonyl (C=O) groups excluding carboxylic acids is 2. The van der Waals surface area contributed by atoms with Crippen LogP contribution in [0.2, 0.25) is 0 Å². The average Bonchev–Trinajstić information content (AvgIpc) is 2.72. The lowest BCUT2D eigenvalue weighted by atomic mass is 9.53. The lowest BCUT2D eigenvalue weighted by Crippen LogP contribution is -2.50. The summed E-state index contributed by atoms with van der Waals surface area (Å²) in [5.74, 6) is 4.90. The standard InChI is InChI=1S/C18H26N6O3/c1-11-12(14(19)24-20)22-10-23-13(11)15(25)21-9-17-3-6-18(7-4-17,8-5-17)16(26)27-2/h10H,3-9,20H2,1-2H3,(H2,19,24)(H,21,25). The number of hydrogen-bond acceptors (Lipinski definition) is 7. The fourth-order valence-corrected chi connectivity index (χ4v) is 4.40. The van der Waals surface area contributed by atoms with Crippen molar-refractivity contribution in [2.24, 2.45) is 27.5 Å². The van der Waals surface area contributed by atoms with Crippen molar-refractivity contribution in [1.82, 2.24) is 15.3 Å². The van der Waals surface area contributed by atoms with Gasteiger partial charge in [0.05, 0.1) is 12.5 Å². The molecular weight excluding hydrogens is 348 g/mol. The molecule has 0 radical (unpaired) electrons. The van der Waals surface area contributed by atoms with Crippen molar-refractivity contribution in [3.8, 4) is 0 Å². The molecule has 3 aliphatic carbocycles. The monoisotopic (exact) mass is 374 g/mol. The number of carbonyl (C=O) groups is 2. The fourth-order valence-electron chi connectivity index (χ4n) is 4.40. The van der Waals surface area contributed by atoms with Gasteiger partial charge < -0.3 is 21.6 Å². The summed E-state index contributed by atoms with van der Waals surface area (Å²) >= 11 is 0. The molecule has 0 spiro atoms. The van der Waals surface area contributed by atoms with E-state index in [-0.39, 0.29) is 34.2 Å². The number of aromatic nitrogens is 2. The molecule has 0 aromatic carbocycles. The summed E-state index contributed by atoms with van der Waals surface area (Å²) in [5, 5.41) is 6.44. The van der Waals surface area contributed by atoms with Gasteiger partial charge in [-0.2, -0.15) is 5.10 Å². The predicted molar refractivity (Wildman–Crippen MR) is 98.6 cm³/mol. The summed E-state index contributed by atoms with van der Waals surface area (Å²) in [6, 6.07) is 0. The van der Waals surface area contributed by atoms with Crippen molar-refractivity contribution in [1.29, 1.82) is 0 Å².